The van der Waals surface area contributed by atoms with Crippen LogP contribution in [0.4, 0.5) is 0 Å². The number of hydrogen-bond acceptors (Lipinski definition) is 2. The summed E-state index contributed by atoms with van der Waals surface area (Å²) in [5.74, 6) is 1.70. The molecule has 1 aliphatic carbocycles. The van der Waals surface area contributed by atoms with Crippen LogP contribution >= 0.6 is 0 Å². The summed E-state index contributed by atoms with van der Waals surface area (Å²) in [6, 6.07) is 17.2. The lowest BCUT2D eigenvalue weighted by Gasteiger charge is -2.20. The van der Waals surface area contributed by atoms with Crippen LogP contribution in [0.3, 0.4) is 0 Å². The van der Waals surface area contributed by atoms with Crippen LogP contribution in [0.25, 0.3) is 11.0 Å². The van der Waals surface area contributed by atoms with E-state index in [-0.39, 0.29) is 11.8 Å². The van der Waals surface area contributed by atoms with Crippen molar-refractivity contribution < 1.29 is 4.79 Å². The molecule has 1 fully saturated rings. The molecule has 1 aliphatic rings. The predicted molar refractivity (Wildman–Crippen MR) is 127 cm³/mol. The molecule has 4 nitrogen and oxygen atoms in total. The van der Waals surface area contributed by atoms with Crippen molar-refractivity contribution in [2.45, 2.75) is 71.3 Å². The number of nitrogens with zero attached hydrogens (tertiary/aromatic N) is 2. The highest BCUT2D eigenvalue weighted by molar-refractivity contribution is 5.78. The van der Waals surface area contributed by atoms with Gasteiger partial charge < -0.3 is 9.88 Å². The third-order valence-corrected chi connectivity index (χ3v) is 6.51. The molecule has 1 amide bonds. The van der Waals surface area contributed by atoms with Crippen LogP contribution in [-0.2, 0) is 17.8 Å². The number of fused-ring (bicyclic) bond motifs is 1. The van der Waals surface area contributed by atoms with E-state index in [1.54, 1.807) is 0 Å². The molecule has 4 rings (SSSR count). The minimum Gasteiger partial charge on any atom is -0.356 e. The maximum Gasteiger partial charge on any atom is 0.223 e. The normalized spacial score (nSPS) is 14.7. The Morgan fingerprint density at radius 2 is 1.87 bits per heavy atom. The van der Waals surface area contributed by atoms with Crippen molar-refractivity contribution in [3.8, 4) is 0 Å². The maximum atomic E-state index is 12.3. The molecule has 0 radical (unpaired) electrons. The molecule has 0 bridgehead atoms. The molecular formula is C27H35N3O. The maximum absolute atomic E-state index is 12.3. The molecule has 31 heavy (non-hydrogen) atoms. The van der Waals surface area contributed by atoms with Crippen LogP contribution in [-0.4, -0.2) is 22.0 Å². The second kappa shape index (κ2) is 10.6. The molecular weight excluding hydrogens is 382 g/mol. The highest BCUT2D eigenvalue weighted by atomic mass is 16.1. The lowest BCUT2D eigenvalue weighted by Crippen LogP contribution is -2.32. The predicted octanol–water partition coefficient (Wildman–Crippen LogP) is 5.80. The summed E-state index contributed by atoms with van der Waals surface area (Å²) in [5, 5.41) is 3.16. The van der Waals surface area contributed by atoms with Crippen LogP contribution in [0.1, 0.15) is 68.3 Å². The van der Waals surface area contributed by atoms with Gasteiger partial charge in [-0.3, -0.25) is 4.79 Å². The summed E-state index contributed by atoms with van der Waals surface area (Å²) in [5.41, 5.74) is 4.89. The molecule has 164 valence electrons. The van der Waals surface area contributed by atoms with E-state index in [0.717, 1.165) is 63.0 Å². The van der Waals surface area contributed by atoms with Gasteiger partial charge in [-0.05, 0) is 50.3 Å². The van der Waals surface area contributed by atoms with Gasteiger partial charge in [0.05, 0.1) is 11.0 Å². The Morgan fingerprint density at radius 1 is 1.03 bits per heavy atom. The summed E-state index contributed by atoms with van der Waals surface area (Å²) in [4.78, 5) is 17.2. The standard InChI is InChI=1S/C27H35N3O/c1-21-11-10-12-22(19-21)20-30-25-16-8-7-15-24(25)29-26(30)17-6-3-9-18-28-27(31)23-13-4-2-5-14-23/h7-8,10-12,15-16,19,23H,2-6,9,13-14,17-18,20H2,1H3,(H,28,31). The zero-order valence-corrected chi connectivity index (χ0v) is 18.8. The molecule has 0 saturated heterocycles. The smallest absolute Gasteiger partial charge is 0.223 e. The number of benzene rings is 2. The summed E-state index contributed by atoms with van der Waals surface area (Å²) in [6.07, 6.45) is 10.1. The number of para-hydroxylation sites is 2. The first kappa shape index (κ1) is 21.6. The monoisotopic (exact) mass is 417 g/mol. The van der Waals surface area contributed by atoms with E-state index in [1.165, 1.54) is 35.9 Å². The number of carbonyl (C=O) groups excluding carboxylic acids is 1. The fraction of sp³-hybridized carbons (Fsp3) is 0.481. The van der Waals surface area contributed by atoms with Crippen LogP contribution in [0.5, 0.6) is 0 Å². The summed E-state index contributed by atoms with van der Waals surface area (Å²) in [6.45, 7) is 3.80. The first-order valence-corrected chi connectivity index (χ1v) is 12.0. The van der Waals surface area contributed by atoms with Crippen LogP contribution < -0.4 is 5.32 Å². The summed E-state index contributed by atoms with van der Waals surface area (Å²) in [7, 11) is 0. The summed E-state index contributed by atoms with van der Waals surface area (Å²) >= 11 is 0. The van der Waals surface area contributed by atoms with Gasteiger partial charge in [-0.15, -0.1) is 0 Å². The van der Waals surface area contributed by atoms with Gasteiger partial charge in [0.2, 0.25) is 5.91 Å². The molecule has 1 N–H and O–H groups in total. The Hall–Kier alpha value is -2.62. The van der Waals surface area contributed by atoms with Crippen molar-refractivity contribution in [3.63, 3.8) is 0 Å². The zero-order chi connectivity index (χ0) is 21.5. The quantitative estimate of drug-likeness (QED) is 0.447. The van der Waals surface area contributed by atoms with E-state index >= 15 is 0 Å². The third-order valence-electron chi connectivity index (χ3n) is 6.51. The van der Waals surface area contributed by atoms with Gasteiger partial charge in [0, 0.05) is 25.4 Å². The molecule has 0 unspecified atom stereocenters. The molecule has 1 aromatic heterocycles. The molecule has 1 saturated carbocycles. The number of hydrogen-bond donors (Lipinski definition) is 1. The van der Waals surface area contributed by atoms with E-state index in [2.05, 4.69) is 65.3 Å². The topological polar surface area (TPSA) is 46.9 Å². The van der Waals surface area contributed by atoms with E-state index < -0.39 is 0 Å². The van der Waals surface area contributed by atoms with Crippen LogP contribution in [0.2, 0.25) is 0 Å². The number of rotatable bonds is 9. The molecule has 0 atom stereocenters. The largest absolute Gasteiger partial charge is 0.356 e. The van der Waals surface area contributed by atoms with Crippen molar-refractivity contribution in [1.82, 2.24) is 14.9 Å². The minimum atomic E-state index is 0.260. The van der Waals surface area contributed by atoms with Gasteiger partial charge in [-0.1, -0.05) is 67.6 Å². The number of unbranched alkanes of at least 4 members (excludes halogenated alkanes) is 2. The van der Waals surface area contributed by atoms with Crippen molar-refractivity contribution in [2.24, 2.45) is 5.92 Å². The molecule has 0 spiro atoms. The Balaban J connectivity index is 1.30. The lowest BCUT2D eigenvalue weighted by molar-refractivity contribution is -0.125. The fourth-order valence-corrected chi connectivity index (χ4v) is 4.79. The number of aromatic nitrogens is 2. The number of imidazole rings is 1. The Kier molecular flexibility index (Phi) is 7.39. The van der Waals surface area contributed by atoms with Crippen LogP contribution in [0.15, 0.2) is 48.5 Å². The van der Waals surface area contributed by atoms with E-state index in [4.69, 9.17) is 4.98 Å². The van der Waals surface area contributed by atoms with Gasteiger partial charge in [0.15, 0.2) is 0 Å². The second-order valence-electron chi connectivity index (χ2n) is 9.03. The van der Waals surface area contributed by atoms with Crippen molar-refractivity contribution in [3.05, 3.63) is 65.5 Å². The van der Waals surface area contributed by atoms with Crippen molar-refractivity contribution in [1.29, 1.82) is 0 Å². The highest BCUT2D eigenvalue weighted by Gasteiger charge is 2.20. The third kappa shape index (κ3) is 5.75. The van der Waals surface area contributed by atoms with Gasteiger partial charge in [0.25, 0.3) is 0 Å². The molecule has 4 heteroatoms. The lowest BCUT2D eigenvalue weighted by atomic mass is 9.89. The fourth-order valence-electron chi connectivity index (χ4n) is 4.79. The number of nitrogens with one attached hydrogen (secondary N) is 1. The highest BCUT2D eigenvalue weighted by Crippen LogP contribution is 2.23. The Morgan fingerprint density at radius 3 is 2.71 bits per heavy atom. The molecule has 1 heterocycles. The average Bonchev–Trinajstić information content (AvgIpc) is 3.14. The molecule has 2 aromatic carbocycles. The number of amides is 1. The van der Waals surface area contributed by atoms with Gasteiger partial charge in [-0.25, -0.2) is 4.98 Å². The second-order valence-corrected chi connectivity index (χ2v) is 9.03. The Bertz CT molecular complexity index is 1000. The zero-order valence-electron chi connectivity index (χ0n) is 18.8. The Labute approximate surface area is 186 Å². The van der Waals surface area contributed by atoms with Crippen molar-refractivity contribution in [2.75, 3.05) is 6.54 Å². The first-order valence-electron chi connectivity index (χ1n) is 12.0. The van der Waals surface area contributed by atoms with Crippen LogP contribution in [0, 0.1) is 12.8 Å². The number of carbonyl (C=O) groups is 1. The van der Waals surface area contributed by atoms with Crippen molar-refractivity contribution >= 4 is 16.9 Å². The average molecular weight is 418 g/mol. The summed E-state index contributed by atoms with van der Waals surface area (Å²) < 4.78 is 2.37. The molecule has 0 aliphatic heterocycles. The van der Waals surface area contributed by atoms with Gasteiger partial charge in [0.1, 0.15) is 5.82 Å². The van der Waals surface area contributed by atoms with Gasteiger partial charge in [-0.2, -0.15) is 0 Å². The minimum absolute atomic E-state index is 0.260. The van der Waals surface area contributed by atoms with Gasteiger partial charge >= 0.3 is 0 Å². The first-order chi connectivity index (χ1) is 15.2. The molecule has 3 aromatic rings. The number of aryl methyl sites for hydroxylation is 2. The SMILES string of the molecule is Cc1cccc(Cn2c(CCCCCNC(=O)C3CCCCC3)nc3ccccc32)c1. The van der Waals surface area contributed by atoms with E-state index in [1.807, 2.05) is 0 Å². The van der Waals surface area contributed by atoms with E-state index in [9.17, 15) is 4.79 Å². The van der Waals surface area contributed by atoms with E-state index in [0.29, 0.717) is 0 Å².